The molecule has 0 aromatic heterocycles. The van der Waals surface area contributed by atoms with Crippen LogP contribution in [0.5, 0.6) is 0 Å². The van der Waals surface area contributed by atoms with Crippen molar-refractivity contribution >= 4 is 11.8 Å². The van der Waals surface area contributed by atoms with Crippen molar-refractivity contribution in [2.24, 2.45) is 0 Å². The molecule has 2 fully saturated rings. The Labute approximate surface area is 141 Å². The van der Waals surface area contributed by atoms with Crippen LogP contribution in [-0.2, 0) is 23.7 Å². The fourth-order valence-corrected chi connectivity index (χ4v) is 4.15. The van der Waals surface area contributed by atoms with Crippen molar-refractivity contribution in [1.29, 1.82) is 0 Å². The maximum atomic E-state index is 6.18. The molecule has 0 radical (unpaired) electrons. The van der Waals surface area contributed by atoms with E-state index in [1.165, 1.54) is 0 Å². The number of methoxy groups -OCH3 is 2. The van der Waals surface area contributed by atoms with E-state index in [2.05, 4.69) is 6.92 Å². The van der Waals surface area contributed by atoms with E-state index in [0.29, 0.717) is 6.61 Å². The lowest BCUT2D eigenvalue weighted by molar-refractivity contribution is -0.323. The van der Waals surface area contributed by atoms with Gasteiger partial charge in [-0.15, -0.1) is 11.8 Å². The Morgan fingerprint density at radius 3 is 2.48 bits per heavy atom. The van der Waals surface area contributed by atoms with Crippen molar-refractivity contribution in [3.8, 4) is 0 Å². The maximum absolute atomic E-state index is 6.18. The van der Waals surface area contributed by atoms with Crippen LogP contribution in [-0.4, -0.2) is 56.4 Å². The molecule has 6 atom stereocenters. The van der Waals surface area contributed by atoms with Gasteiger partial charge < -0.3 is 23.7 Å². The number of ether oxygens (including phenoxy) is 5. The molecular weight excluding hydrogens is 316 g/mol. The fraction of sp³-hybridized carbons (Fsp3) is 0.647. The highest BCUT2D eigenvalue weighted by molar-refractivity contribution is 7.99. The summed E-state index contributed by atoms with van der Waals surface area (Å²) in [5.41, 5.74) is 0.927. The summed E-state index contributed by atoms with van der Waals surface area (Å²) in [6.45, 7) is 2.59. The van der Waals surface area contributed by atoms with Gasteiger partial charge in [-0.05, 0) is 5.75 Å². The Morgan fingerprint density at radius 2 is 1.83 bits per heavy atom. The summed E-state index contributed by atoms with van der Waals surface area (Å²) < 4.78 is 29.6. The molecule has 3 rings (SSSR count). The van der Waals surface area contributed by atoms with E-state index in [1.807, 2.05) is 30.3 Å². The van der Waals surface area contributed by atoms with Gasteiger partial charge in [-0.25, -0.2) is 0 Å². The second-order valence-corrected chi connectivity index (χ2v) is 6.95. The number of thioether (sulfide) groups is 1. The predicted octanol–water partition coefficient (Wildman–Crippen LogP) is 2.61. The summed E-state index contributed by atoms with van der Waals surface area (Å²) in [5.74, 6) is 0.951. The lowest BCUT2D eigenvalue weighted by Gasteiger charge is -2.48. The van der Waals surface area contributed by atoms with E-state index >= 15 is 0 Å². The first-order valence-electron chi connectivity index (χ1n) is 7.93. The SMILES string of the molecule is CCS[C@@H]1OC2COC(c3ccccc3)O[C@H]2[C@H](OC)C1OC. The van der Waals surface area contributed by atoms with Crippen LogP contribution >= 0.6 is 11.8 Å². The molecular formula is C17H24O5S. The third-order valence-corrected chi connectivity index (χ3v) is 5.27. The molecule has 0 saturated carbocycles. The van der Waals surface area contributed by atoms with Crippen molar-refractivity contribution in [2.45, 2.75) is 43.1 Å². The van der Waals surface area contributed by atoms with Crippen molar-refractivity contribution in [1.82, 2.24) is 0 Å². The van der Waals surface area contributed by atoms with Gasteiger partial charge in [-0.2, -0.15) is 0 Å². The number of rotatable bonds is 5. The van der Waals surface area contributed by atoms with E-state index in [1.54, 1.807) is 26.0 Å². The van der Waals surface area contributed by atoms with Gasteiger partial charge in [-0.1, -0.05) is 37.3 Å². The van der Waals surface area contributed by atoms with Crippen LogP contribution in [0.1, 0.15) is 18.8 Å². The Balaban J connectivity index is 1.77. The zero-order valence-corrected chi connectivity index (χ0v) is 14.5. The van der Waals surface area contributed by atoms with Crippen LogP contribution in [0.3, 0.4) is 0 Å². The lowest BCUT2D eigenvalue weighted by Crippen LogP contribution is -2.62. The standard InChI is InChI=1S/C17H24O5S/c1-4-23-17-15(19-3)14(18-2)13-12(21-17)10-20-16(22-13)11-8-6-5-7-9-11/h5-9,12-17H,4,10H2,1-3H3/t12?,13-,14+,15?,16?,17+/m1/s1. The molecule has 2 aliphatic rings. The Hall–Kier alpha value is -0.630. The molecule has 2 aliphatic heterocycles. The van der Waals surface area contributed by atoms with Crippen molar-refractivity contribution in [2.75, 3.05) is 26.6 Å². The van der Waals surface area contributed by atoms with Gasteiger partial charge in [0.1, 0.15) is 29.9 Å². The third kappa shape index (κ3) is 3.57. The fourth-order valence-electron chi connectivity index (χ4n) is 3.14. The highest BCUT2D eigenvalue weighted by atomic mass is 32.2. The molecule has 0 aliphatic carbocycles. The molecule has 0 spiro atoms. The Bertz CT molecular complexity index is 485. The van der Waals surface area contributed by atoms with E-state index in [0.717, 1.165) is 11.3 Å². The molecule has 1 aromatic rings. The average molecular weight is 340 g/mol. The summed E-state index contributed by atoms with van der Waals surface area (Å²) >= 11 is 1.72. The van der Waals surface area contributed by atoms with Crippen LogP contribution < -0.4 is 0 Å². The zero-order valence-electron chi connectivity index (χ0n) is 13.7. The molecule has 6 heteroatoms. The van der Waals surface area contributed by atoms with Gasteiger partial charge in [0.2, 0.25) is 0 Å². The first-order valence-corrected chi connectivity index (χ1v) is 8.98. The summed E-state index contributed by atoms with van der Waals surface area (Å²) in [6.07, 6.45) is -1.10. The van der Waals surface area contributed by atoms with Crippen LogP contribution in [0.4, 0.5) is 0 Å². The third-order valence-electron chi connectivity index (χ3n) is 4.23. The monoisotopic (exact) mass is 340 g/mol. The Morgan fingerprint density at radius 1 is 1.09 bits per heavy atom. The van der Waals surface area contributed by atoms with Gasteiger partial charge in [0.05, 0.1) is 6.61 Å². The van der Waals surface area contributed by atoms with Crippen molar-refractivity contribution in [3.63, 3.8) is 0 Å². The number of fused-ring (bicyclic) bond motifs is 1. The predicted molar refractivity (Wildman–Crippen MR) is 88.4 cm³/mol. The molecule has 2 heterocycles. The van der Waals surface area contributed by atoms with Crippen molar-refractivity contribution in [3.05, 3.63) is 35.9 Å². The zero-order chi connectivity index (χ0) is 16.2. The maximum Gasteiger partial charge on any atom is 0.184 e. The highest BCUT2D eigenvalue weighted by Gasteiger charge is 2.50. The number of hydrogen-bond acceptors (Lipinski definition) is 6. The molecule has 0 amide bonds. The first-order chi connectivity index (χ1) is 11.3. The second-order valence-electron chi connectivity index (χ2n) is 5.58. The van der Waals surface area contributed by atoms with E-state index < -0.39 is 6.29 Å². The molecule has 0 N–H and O–H groups in total. The molecule has 0 bridgehead atoms. The molecule has 128 valence electrons. The van der Waals surface area contributed by atoms with Crippen molar-refractivity contribution < 1.29 is 23.7 Å². The Kier molecular flexibility index (Phi) is 5.96. The topological polar surface area (TPSA) is 46.2 Å². The molecule has 2 saturated heterocycles. The lowest BCUT2D eigenvalue weighted by atomic mass is 9.98. The molecule has 23 heavy (non-hydrogen) atoms. The van der Waals surface area contributed by atoms with Crippen LogP contribution in [0.25, 0.3) is 0 Å². The smallest absolute Gasteiger partial charge is 0.184 e. The van der Waals surface area contributed by atoms with Gasteiger partial charge in [0.25, 0.3) is 0 Å². The second kappa shape index (κ2) is 7.96. The quantitative estimate of drug-likeness (QED) is 0.821. The first kappa shape index (κ1) is 17.2. The summed E-state index contributed by atoms with van der Waals surface area (Å²) in [5, 5.41) is 0. The van der Waals surface area contributed by atoms with Crippen LogP contribution in [0.15, 0.2) is 30.3 Å². The van der Waals surface area contributed by atoms with Gasteiger partial charge in [0.15, 0.2) is 6.29 Å². The molecule has 5 nitrogen and oxygen atoms in total. The minimum atomic E-state index is -0.397. The van der Waals surface area contributed by atoms with Gasteiger partial charge >= 0.3 is 0 Å². The van der Waals surface area contributed by atoms with Crippen LogP contribution in [0, 0.1) is 0 Å². The van der Waals surface area contributed by atoms with Crippen LogP contribution in [0.2, 0.25) is 0 Å². The number of benzene rings is 1. The summed E-state index contributed by atoms with van der Waals surface area (Å²) in [4.78, 5) is 0. The minimum Gasteiger partial charge on any atom is -0.376 e. The van der Waals surface area contributed by atoms with E-state index in [9.17, 15) is 0 Å². The number of hydrogen-bond donors (Lipinski definition) is 0. The average Bonchev–Trinajstić information content (AvgIpc) is 2.61. The normalized spacial score (nSPS) is 37.3. The molecule has 3 unspecified atom stereocenters. The largest absolute Gasteiger partial charge is 0.376 e. The van der Waals surface area contributed by atoms with E-state index in [-0.39, 0.29) is 29.9 Å². The minimum absolute atomic E-state index is 0.0725. The van der Waals surface area contributed by atoms with Gasteiger partial charge in [0, 0.05) is 19.8 Å². The molecule has 1 aromatic carbocycles. The van der Waals surface area contributed by atoms with E-state index in [4.69, 9.17) is 23.7 Å². The highest BCUT2D eigenvalue weighted by Crippen LogP contribution is 2.38. The summed E-state index contributed by atoms with van der Waals surface area (Å²) in [7, 11) is 3.39. The summed E-state index contributed by atoms with van der Waals surface area (Å²) in [6, 6.07) is 9.93. The van der Waals surface area contributed by atoms with Gasteiger partial charge in [-0.3, -0.25) is 0 Å².